The van der Waals surface area contributed by atoms with Crippen molar-refractivity contribution in [1.29, 1.82) is 0 Å². The molecule has 1 aliphatic heterocycles. The number of benzene rings is 4. The van der Waals surface area contributed by atoms with Gasteiger partial charge in [-0.15, -0.1) is 0 Å². The fraction of sp³-hybridized carbons (Fsp3) is 0.270. The first kappa shape index (κ1) is 33.2. The van der Waals surface area contributed by atoms with E-state index < -0.39 is 6.09 Å². The predicted octanol–water partition coefficient (Wildman–Crippen LogP) is 5.27. The smallest absolute Gasteiger partial charge is 0.411 e. The number of aromatic hydroxyl groups is 1. The van der Waals surface area contributed by atoms with E-state index in [1.54, 1.807) is 36.4 Å². The molecule has 0 saturated carbocycles. The molecule has 0 unspecified atom stereocenters. The van der Waals surface area contributed by atoms with Crippen LogP contribution in [0.25, 0.3) is 11.1 Å². The number of carbonyl (C=O) groups is 3. The molecule has 244 valence electrons. The summed E-state index contributed by atoms with van der Waals surface area (Å²) in [6.45, 7) is 3.44. The van der Waals surface area contributed by atoms with Crippen LogP contribution in [0.4, 0.5) is 16.2 Å². The Balaban J connectivity index is 0.974. The average Bonchev–Trinajstić information content (AvgIpc) is 3.09. The minimum absolute atomic E-state index is 0.142. The van der Waals surface area contributed by atoms with Gasteiger partial charge in [-0.25, -0.2) is 4.79 Å². The van der Waals surface area contributed by atoms with Gasteiger partial charge in [-0.2, -0.15) is 0 Å². The summed E-state index contributed by atoms with van der Waals surface area (Å²) in [5.41, 5.74) is 4.75. The number of para-hydroxylation sites is 1. The van der Waals surface area contributed by atoms with Gasteiger partial charge in [0.05, 0.1) is 12.2 Å². The number of nitrogens with zero attached hydrogens (tertiary/aromatic N) is 1. The van der Waals surface area contributed by atoms with E-state index >= 15 is 0 Å². The molecule has 10 heteroatoms. The number of piperidine rings is 1. The Bertz CT molecular complexity index is 1620. The van der Waals surface area contributed by atoms with Crippen molar-refractivity contribution in [3.63, 3.8) is 0 Å². The first-order valence-corrected chi connectivity index (χ1v) is 15.9. The third kappa shape index (κ3) is 10.4. The SMILES string of the molecule is O=C(CNCCc1ccc(O)cc1)Nc1cccc(C(=O)NCCN2CCC(OC(=O)Nc3ccccc3-c3ccccc3)CC2)c1. The van der Waals surface area contributed by atoms with Crippen LogP contribution in [-0.2, 0) is 16.0 Å². The number of likely N-dealkylation sites (tertiary alicyclic amines) is 1. The van der Waals surface area contributed by atoms with Crippen molar-refractivity contribution < 1.29 is 24.2 Å². The third-order valence-corrected chi connectivity index (χ3v) is 7.99. The number of anilines is 2. The standard InChI is InChI=1S/C37H41N5O5/c43-31-15-13-27(14-16-31)17-20-38-26-35(44)40-30-10-6-9-29(25-30)36(45)39-21-24-42-22-18-32(19-23-42)47-37(46)41-34-12-5-4-11-33(34)28-7-2-1-3-8-28/h1-16,25,32,38,43H,17-24,26H2,(H,39,45)(H,40,44)(H,41,46). The summed E-state index contributed by atoms with van der Waals surface area (Å²) in [4.78, 5) is 40.1. The molecule has 1 saturated heterocycles. The zero-order valence-electron chi connectivity index (χ0n) is 26.3. The van der Waals surface area contributed by atoms with Crippen LogP contribution < -0.4 is 21.3 Å². The zero-order chi connectivity index (χ0) is 32.8. The fourth-order valence-corrected chi connectivity index (χ4v) is 5.47. The summed E-state index contributed by atoms with van der Waals surface area (Å²) in [6.07, 6.45) is 1.54. The lowest BCUT2D eigenvalue weighted by atomic mass is 10.0. The van der Waals surface area contributed by atoms with Gasteiger partial charge in [0.25, 0.3) is 5.91 Å². The molecule has 1 fully saturated rings. The summed E-state index contributed by atoms with van der Waals surface area (Å²) in [5.74, 6) is -0.182. The molecule has 1 heterocycles. The Labute approximate surface area is 275 Å². The maximum absolute atomic E-state index is 12.8. The van der Waals surface area contributed by atoms with Crippen LogP contribution in [0.5, 0.6) is 5.75 Å². The van der Waals surface area contributed by atoms with Crippen molar-refractivity contribution >= 4 is 29.3 Å². The molecule has 1 aliphatic rings. The second-order valence-corrected chi connectivity index (χ2v) is 11.5. The Morgan fingerprint density at radius 3 is 2.34 bits per heavy atom. The second-order valence-electron chi connectivity index (χ2n) is 11.5. The molecule has 5 rings (SSSR count). The molecule has 3 amide bonds. The summed E-state index contributed by atoms with van der Waals surface area (Å²) in [6, 6.07) is 31.4. The third-order valence-electron chi connectivity index (χ3n) is 7.99. The van der Waals surface area contributed by atoms with Gasteiger partial charge in [0.15, 0.2) is 0 Å². The lowest BCUT2D eigenvalue weighted by Crippen LogP contribution is -2.42. The van der Waals surface area contributed by atoms with E-state index in [0.29, 0.717) is 36.6 Å². The van der Waals surface area contributed by atoms with Gasteiger partial charge >= 0.3 is 6.09 Å². The number of nitrogens with one attached hydrogen (secondary N) is 4. The first-order chi connectivity index (χ1) is 22.9. The Morgan fingerprint density at radius 2 is 1.55 bits per heavy atom. The minimum atomic E-state index is -0.459. The van der Waals surface area contributed by atoms with E-state index in [9.17, 15) is 19.5 Å². The maximum Gasteiger partial charge on any atom is 0.411 e. The number of carbonyl (C=O) groups excluding carboxylic acids is 3. The van der Waals surface area contributed by atoms with E-state index in [4.69, 9.17) is 4.74 Å². The van der Waals surface area contributed by atoms with Crippen molar-refractivity contribution in [2.75, 3.05) is 49.9 Å². The van der Waals surface area contributed by atoms with E-state index in [1.165, 1.54) is 0 Å². The summed E-state index contributed by atoms with van der Waals surface area (Å²) in [7, 11) is 0. The molecule has 0 atom stereocenters. The molecule has 0 bridgehead atoms. The molecule has 4 aromatic rings. The number of phenolic OH excluding ortho intramolecular Hbond substituents is 1. The lowest BCUT2D eigenvalue weighted by Gasteiger charge is -2.31. The Morgan fingerprint density at radius 1 is 0.809 bits per heavy atom. The minimum Gasteiger partial charge on any atom is -0.508 e. The number of phenols is 1. The van der Waals surface area contributed by atoms with Crippen LogP contribution in [0.3, 0.4) is 0 Å². The lowest BCUT2D eigenvalue weighted by molar-refractivity contribution is -0.115. The highest BCUT2D eigenvalue weighted by atomic mass is 16.6. The van der Waals surface area contributed by atoms with Gasteiger partial charge < -0.3 is 30.7 Å². The van der Waals surface area contributed by atoms with E-state index in [2.05, 4.69) is 26.2 Å². The normalized spacial score (nSPS) is 13.4. The monoisotopic (exact) mass is 635 g/mol. The van der Waals surface area contributed by atoms with Gasteiger partial charge in [-0.05, 0) is 73.3 Å². The number of rotatable bonds is 13. The molecule has 5 N–H and O–H groups in total. The van der Waals surface area contributed by atoms with Crippen molar-refractivity contribution in [3.05, 3.63) is 114 Å². The van der Waals surface area contributed by atoms with Crippen molar-refractivity contribution in [2.45, 2.75) is 25.4 Å². The van der Waals surface area contributed by atoms with Gasteiger partial charge in [0.2, 0.25) is 5.91 Å². The first-order valence-electron chi connectivity index (χ1n) is 15.9. The highest BCUT2D eigenvalue weighted by Gasteiger charge is 2.23. The number of ether oxygens (including phenoxy) is 1. The van der Waals surface area contributed by atoms with Crippen molar-refractivity contribution in [2.24, 2.45) is 0 Å². The van der Waals surface area contributed by atoms with Gasteiger partial charge in [0.1, 0.15) is 11.9 Å². The summed E-state index contributed by atoms with van der Waals surface area (Å²) < 4.78 is 5.73. The molecule has 0 radical (unpaired) electrons. The van der Waals surface area contributed by atoms with E-state index in [-0.39, 0.29) is 30.2 Å². The molecule has 0 spiro atoms. The van der Waals surface area contributed by atoms with Crippen LogP contribution in [-0.4, -0.2) is 73.3 Å². The van der Waals surface area contributed by atoms with E-state index in [1.807, 2.05) is 66.7 Å². The topological polar surface area (TPSA) is 132 Å². The molecular weight excluding hydrogens is 594 g/mol. The van der Waals surface area contributed by atoms with Crippen molar-refractivity contribution in [3.8, 4) is 16.9 Å². The van der Waals surface area contributed by atoms with Gasteiger partial charge in [-0.3, -0.25) is 14.9 Å². The zero-order valence-corrected chi connectivity index (χ0v) is 26.3. The molecule has 10 nitrogen and oxygen atoms in total. The largest absolute Gasteiger partial charge is 0.508 e. The van der Waals surface area contributed by atoms with E-state index in [0.717, 1.165) is 49.0 Å². The number of hydrogen-bond donors (Lipinski definition) is 5. The van der Waals surface area contributed by atoms with Gasteiger partial charge in [-0.1, -0.05) is 66.7 Å². The molecule has 0 aromatic heterocycles. The highest BCUT2D eigenvalue weighted by molar-refractivity contribution is 5.97. The van der Waals surface area contributed by atoms with Crippen LogP contribution in [0.15, 0.2) is 103 Å². The van der Waals surface area contributed by atoms with Crippen LogP contribution in [0.1, 0.15) is 28.8 Å². The fourth-order valence-electron chi connectivity index (χ4n) is 5.47. The Hall–Kier alpha value is -5.19. The summed E-state index contributed by atoms with van der Waals surface area (Å²) in [5, 5.41) is 21.2. The quantitative estimate of drug-likeness (QED) is 0.127. The van der Waals surface area contributed by atoms with Crippen molar-refractivity contribution in [1.82, 2.24) is 15.5 Å². The van der Waals surface area contributed by atoms with Crippen LogP contribution in [0.2, 0.25) is 0 Å². The Kier molecular flexibility index (Phi) is 12.0. The highest BCUT2D eigenvalue weighted by Crippen LogP contribution is 2.28. The maximum atomic E-state index is 12.8. The molecular formula is C37H41N5O5. The average molecular weight is 636 g/mol. The van der Waals surface area contributed by atoms with Gasteiger partial charge in [0, 0.05) is 43.0 Å². The van der Waals surface area contributed by atoms with Crippen LogP contribution in [0, 0.1) is 0 Å². The number of hydrogen-bond acceptors (Lipinski definition) is 7. The summed E-state index contributed by atoms with van der Waals surface area (Å²) >= 11 is 0. The molecule has 47 heavy (non-hydrogen) atoms. The molecule has 4 aromatic carbocycles. The number of amides is 3. The predicted molar refractivity (Wildman–Crippen MR) is 184 cm³/mol. The molecule has 0 aliphatic carbocycles. The second kappa shape index (κ2) is 16.9. The van der Waals surface area contributed by atoms with Crippen LogP contribution >= 0.6 is 0 Å².